The van der Waals surface area contributed by atoms with Crippen LogP contribution >= 0.6 is 0 Å². The molecular formula is C10H13N3O8S2. The smallest absolute Gasteiger partial charge is 0.336 e. The van der Waals surface area contributed by atoms with Crippen LogP contribution in [0.2, 0.25) is 0 Å². The predicted molar refractivity (Wildman–Crippen MR) is 79.4 cm³/mol. The molecule has 0 aliphatic heterocycles. The highest BCUT2D eigenvalue weighted by Gasteiger charge is 2.24. The standard InChI is InChI=1S/C10H13N3O8S2/c11-10(12)13-8-2-1-5(9(14)15)6(3-22(16,17)18)7(8)4-23(19,20)21/h1-2H,3-4H2,(H,14,15)(H4,11,12,13)(H,16,17,18)(H,19,20,21). The minimum Gasteiger partial charge on any atom is -0.478 e. The number of aromatic carboxylic acids is 1. The van der Waals surface area contributed by atoms with Crippen LogP contribution in [0.15, 0.2) is 17.1 Å². The largest absolute Gasteiger partial charge is 0.478 e. The Bertz CT molecular complexity index is 870. The van der Waals surface area contributed by atoms with E-state index in [9.17, 15) is 21.6 Å². The lowest BCUT2D eigenvalue weighted by atomic mass is 10.0. The Morgan fingerprint density at radius 3 is 1.87 bits per heavy atom. The number of aliphatic imine (C=N–C) groups is 1. The van der Waals surface area contributed by atoms with Gasteiger partial charge in [-0.05, 0) is 17.7 Å². The van der Waals surface area contributed by atoms with Crippen molar-refractivity contribution < 1.29 is 35.8 Å². The van der Waals surface area contributed by atoms with Gasteiger partial charge in [0.1, 0.15) is 11.5 Å². The monoisotopic (exact) mass is 367 g/mol. The molecule has 0 fully saturated rings. The number of guanidine groups is 1. The zero-order chi connectivity index (χ0) is 18.0. The molecule has 1 aromatic rings. The molecule has 0 spiro atoms. The lowest BCUT2D eigenvalue weighted by Crippen LogP contribution is -2.22. The van der Waals surface area contributed by atoms with E-state index < -0.39 is 60.4 Å². The highest BCUT2D eigenvalue weighted by molar-refractivity contribution is 7.85. The van der Waals surface area contributed by atoms with Gasteiger partial charge in [-0.25, -0.2) is 9.79 Å². The maximum Gasteiger partial charge on any atom is 0.336 e. The van der Waals surface area contributed by atoms with Gasteiger partial charge in [0.25, 0.3) is 20.2 Å². The Morgan fingerprint density at radius 1 is 1.00 bits per heavy atom. The maximum absolute atomic E-state index is 11.2. The Labute approximate surface area is 131 Å². The van der Waals surface area contributed by atoms with Crippen molar-refractivity contribution in [2.45, 2.75) is 11.5 Å². The van der Waals surface area contributed by atoms with Crippen molar-refractivity contribution in [3.8, 4) is 0 Å². The van der Waals surface area contributed by atoms with E-state index in [4.69, 9.17) is 25.7 Å². The molecule has 11 nitrogen and oxygen atoms in total. The molecule has 1 rings (SSSR count). The molecule has 0 aliphatic carbocycles. The number of benzene rings is 1. The normalized spacial score (nSPS) is 11.9. The van der Waals surface area contributed by atoms with Crippen LogP contribution in [0.4, 0.5) is 5.69 Å². The van der Waals surface area contributed by atoms with Gasteiger partial charge in [0.05, 0.1) is 11.3 Å². The number of nitrogens with two attached hydrogens (primary N) is 2. The van der Waals surface area contributed by atoms with E-state index in [1.165, 1.54) is 0 Å². The number of carboxylic acid groups (broad SMARTS) is 1. The Hall–Kier alpha value is -2.22. The third kappa shape index (κ3) is 5.82. The van der Waals surface area contributed by atoms with Gasteiger partial charge in [0.15, 0.2) is 5.96 Å². The van der Waals surface area contributed by atoms with Crippen molar-refractivity contribution >= 4 is 37.9 Å². The molecule has 7 N–H and O–H groups in total. The summed E-state index contributed by atoms with van der Waals surface area (Å²) < 4.78 is 62.4. The molecule has 128 valence electrons. The minimum absolute atomic E-state index is 0.258. The minimum atomic E-state index is -4.71. The van der Waals surface area contributed by atoms with E-state index in [0.29, 0.717) is 0 Å². The van der Waals surface area contributed by atoms with E-state index in [0.717, 1.165) is 12.1 Å². The average Bonchev–Trinajstić information content (AvgIpc) is 2.28. The zero-order valence-corrected chi connectivity index (χ0v) is 13.0. The van der Waals surface area contributed by atoms with Gasteiger partial charge in [-0.15, -0.1) is 0 Å². The lowest BCUT2D eigenvalue weighted by molar-refractivity contribution is 0.0696. The molecule has 0 saturated carbocycles. The molecule has 0 unspecified atom stereocenters. The van der Waals surface area contributed by atoms with Gasteiger partial charge in [0, 0.05) is 5.56 Å². The first-order valence-corrected chi connectivity index (χ1v) is 8.90. The Morgan fingerprint density at radius 2 is 1.48 bits per heavy atom. The van der Waals surface area contributed by atoms with Gasteiger partial charge in [0.2, 0.25) is 0 Å². The van der Waals surface area contributed by atoms with E-state index in [2.05, 4.69) is 4.99 Å². The summed E-state index contributed by atoms with van der Waals surface area (Å²) in [7, 11) is -9.38. The summed E-state index contributed by atoms with van der Waals surface area (Å²) in [4.78, 5) is 14.7. The number of carbonyl (C=O) groups is 1. The molecule has 0 aliphatic rings. The van der Waals surface area contributed by atoms with Crippen LogP contribution in [0.1, 0.15) is 21.5 Å². The first kappa shape index (κ1) is 18.8. The summed E-state index contributed by atoms with van der Waals surface area (Å²) in [5.41, 5.74) is 8.47. The summed E-state index contributed by atoms with van der Waals surface area (Å²) in [5.74, 6) is -4.43. The van der Waals surface area contributed by atoms with Crippen molar-refractivity contribution in [3.63, 3.8) is 0 Å². The number of carboxylic acids is 1. The highest BCUT2D eigenvalue weighted by atomic mass is 32.2. The van der Waals surface area contributed by atoms with Crippen LogP contribution in [0.25, 0.3) is 0 Å². The van der Waals surface area contributed by atoms with Crippen molar-refractivity contribution in [3.05, 3.63) is 28.8 Å². The van der Waals surface area contributed by atoms with Crippen LogP contribution in [-0.4, -0.2) is 43.0 Å². The number of hydrogen-bond donors (Lipinski definition) is 5. The van der Waals surface area contributed by atoms with Crippen LogP contribution < -0.4 is 11.5 Å². The topological polar surface area (TPSA) is 210 Å². The van der Waals surface area contributed by atoms with Crippen molar-refractivity contribution in [1.82, 2.24) is 0 Å². The molecule has 0 heterocycles. The van der Waals surface area contributed by atoms with E-state index in [-0.39, 0.29) is 5.69 Å². The second-order valence-corrected chi connectivity index (χ2v) is 7.29. The summed E-state index contributed by atoms with van der Waals surface area (Å²) in [5, 5.41) is 9.08. The molecule has 0 atom stereocenters. The molecule has 13 heteroatoms. The fraction of sp³-hybridized carbons (Fsp3) is 0.200. The van der Waals surface area contributed by atoms with Crippen LogP contribution in [-0.2, 0) is 31.7 Å². The second-order valence-electron chi connectivity index (χ2n) is 4.38. The molecule has 1 aromatic carbocycles. The molecule has 0 saturated heterocycles. The fourth-order valence-corrected chi connectivity index (χ4v) is 3.20. The SMILES string of the molecule is NC(N)=Nc1ccc(C(=O)O)c(CS(=O)(=O)O)c1CS(=O)(=O)O. The Balaban J connectivity index is 3.81. The predicted octanol–water partition coefficient (Wildman–Crippen LogP) is -0.935. The van der Waals surface area contributed by atoms with E-state index >= 15 is 0 Å². The summed E-state index contributed by atoms with van der Waals surface area (Å²) in [6, 6.07) is 1.98. The molecule has 0 aromatic heterocycles. The number of hydrogen-bond acceptors (Lipinski definition) is 6. The lowest BCUT2D eigenvalue weighted by Gasteiger charge is -2.13. The first-order valence-electron chi connectivity index (χ1n) is 5.68. The summed E-state index contributed by atoms with van der Waals surface area (Å²) in [6.07, 6.45) is 0. The van der Waals surface area contributed by atoms with E-state index in [1.807, 2.05) is 0 Å². The second kappa shape index (κ2) is 6.49. The number of rotatable bonds is 6. The molecular weight excluding hydrogens is 354 g/mol. The number of nitrogens with zero attached hydrogens (tertiary/aromatic N) is 1. The fourth-order valence-electron chi connectivity index (χ4n) is 1.82. The zero-order valence-electron chi connectivity index (χ0n) is 11.4. The van der Waals surface area contributed by atoms with Gasteiger partial charge in [-0.2, -0.15) is 16.8 Å². The summed E-state index contributed by atoms with van der Waals surface area (Å²) in [6.45, 7) is 0. The molecule has 0 radical (unpaired) electrons. The quantitative estimate of drug-likeness (QED) is 0.236. The van der Waals surface area contributed by atoms with E-state index in [1.54, 1.807) is 0 Å². The van der Waals surface area contributed by atoms with Crippen molar-refractivity contribution in [2.75, 3.05) is 0 Å². The average molecular weight is 367 g/mol. The third-order valence-corrected chi connectivity index (χ3v) is 3.85. The van der Waals surface area contributed by atoms with Gasteiger partial charge < -0.3 is 16.6 Å². The van der Waals surface area contributed by atoms with Gasteiger partial charge in [-0.1, -0.05) is 0 Å². The third-order valence-electron chi connectivity index (χ3n) is 2.54. The summed E-state index contributed by atoms with van der Waals surface area (Å²) >= 11 is 0. The van der Waals surface area contributed by atoms with Crippen molar-refractivity contribution in [1.29, 1.82) is 0 Å². The first-order chi connectivity index (χ1) is 10.3. The molecule has 0 bridgehead atoms. The van der Waals surface area contributed by atoms with Crippen LogP contribution in [0, 0.1) is 0 Å². The molecule has 23 heavy (non-hydrogen) atoms. The van der Waals surface area contributed by atoms with Gasteiger partial charge >= 0.3 is 5.97 Å². The maximum atomic E-state index is 11.2. The van der Waals surface area contributed by atoms with Crippen molar-refractivity contribution in [2.24, 2.45) is 16.5 Å². The van der Waals surface area contributed by atoms with Gasteiger partial charge in [-0.3, -0.25) is 9.11 Å². The highest BCUT2D eigenvalue weighted by Crippen LogP contribution is 2.29. The molecule has 0 amide bonds. The van der Waals surface area contributed by atoms with Crippen LogP contribution in [0.3, 0.4) is 0 Å². The van der Waals surface area contributed by atoms with Crippen LogP contribution in [0.5, 0.6) is 0 Å². The Kier molecular flexibility index (Phi) is 5.31.